The van der Waals surface area contributed by atoms with Crippen molar-refractivity contribution in [3.05, 3.63) is 28.8 Å². The minimum atomic E-state index is -3.07. The fourth-order valence-electron chi connectivity index (χ4n) is 2.76. The molecule has 124 valence electrons. The van der Waals surface area contributed by atoms with Crippen molar-refractivity contribution >= 4 is 21.6 Å². The molecule has 1 aromatic carbocycles. The lowest BCUT2D eigenvalue weighted by molar-refractivity contribution is 0.394. The molecule has 0 aliphatic carbocycles. The average molecular weight is 347 g/mol. The lowest BCUT2D eigenvalue weighted by Gasteiger charge is -2.20. The Bertz CT molecular complexity index is 621. The van der Waals surface area contributed by atoms with Gasteiger partial charge in [0.25, 0.3) is 0 Å². The first kappa shape index (κ1) is 17.5. The zero-order chi connectivity index (χ0) is 16.3. The van der Waals surface area contributed by atoms with Crippen LogP contribution in [-0.2, 0) is 10.0 Å². The van der Waals surface area contributed by atoms with Gasteiger partial charge in [-0.2, -0.15) is 0 Å². The minimum Gasteiger partial charge on any atom is -0.496 e. The van der Waals surface area contributed by atoms with Crippen molar-refractivity contribution in [1.29, 1.82) is 0 Å². The minimum absolute atomic E-state index is 0.0842. The van der Waals surface area contributed by atoms with Gasteiger partial charge in [0.15, 0.2) is 0 Å². The lowest BCUT2D eigenvalue weighted by Crippen LogP contribution is -2.31. The summed E-state index contributed by atoms with van der Waals surface area (Å²) in [6.07, 6.45) is 2.15. The van der Waals surface area contributed by atoms with Crippen molar-refractivity contribution in [3.63, 3.8) is 0 Å². The summed E-state index contributed by atoms with van der Waals surface area (Å²) in [6.45, 7) is 4.02. The quantitative estimate of drug-likeness (QED) is 0.858. The van der Waals surface area contributed by atoms with Crippen molar-refractivity contribution in [1.82, 2.24) is 9.62 Å². The highest BCUT2D eigenvalue weighted by molar-refractivity contribution is 7.88. The summed E-state index contributed by atoms with van der Waals surface area (Å²) in [4.78, 5) is 0. The molecule has 2 rings (SSSR count). The molecule has 0 saturated carbocycles. The summed E-state index contributed by atoms with van der Waals surface area (Å²) in [5.74, 6) is 1.14. The molecule has 1 aromatic rings. The second-order valence-corrected chi connectivity index (χ2v) is 8.21. The van der Waals surface area contributed by atoms with Crippen LogP contribution in [0.3, 0.4) is 0 Å². The van der Waals surface area contributed by atoms with Crippen LogP contribution in [0.15, 0.2) is 18.2 Å². The van der Waals surface area contributed by atoms with E-state index >= 15 is 0 Å². The molecule has 0 aromatic heterocycles. The molecule has 7 heteroatoms. The van der Waals surface area contributed by atoms with Crippen LogP contribution in [0.4, 0.5) is 0 Å². The molecule has 1 aliphatic heterocycles. The van der Waals surface area contributed by atoms with E-state index in [-0.39, 0.29) is 6.04 Å². The summed E-state index contributed by atoms with van der Waals surface area (Å²) < 4.78 is 30.0. The molecule has 5 nitrogen and oxygen atoms in total. The van der Waals surface area contributed by atoms with Crippen LogP contribution >= 0.6 is 11.6 Å². The van der Waals surface area contributed by atoms with E-state index < -0.39 is 10.0 Å². The second-order valence-electron chi connectivity index (χ2n) is 5.79. The van der Waals surface area contributed by atoms with Gasteiger partial charge in [0, 0.05) is 29.7 Å². The predicted molar refractivity (Wildman–Crippen MR) is 88.9 cm³/mol. The molecular formula is C15H23ClN2O3S. The van der Waals surface area contributed by atoms with E-state index in [1.165, 1.54) is 6.26 Å². The number of nitrogens with one attached hydrogen (secondary N) is 1. The number of halogens is 1. The summed E-state index contributed by atoms with van der Waals surface area (Å²) in [5.41, 5.74) is 1.01. The number of ether oxygens (including phenoxy) is 1. The Balaban J connectivity index is 1.94. The van der Waals surface area contributed by atoms with Crippen LogP contribution in [0.5, 0.6) is 5.75 Å². The van der Waals surface area contributed by atoms with E-state index in [1.807, 2.05) is 12.1 Å². The van der Waals surface area contributed by atoms with E-state index in [2.05, 4.69) is 12.2 Å². The average Bonchev–Trinajstić information content (AvgIpc) is 2.93. The van der Waals surface area contributed by atoms with Crippen molar-refractivity contribution in [3.8, 4) is 5.75 Å². The molecule has 0 bridgehead atoms. The number of nitrogens with zero attached hydrogens (tertiary/aromatic N) is 1. The standard InChI is InChI=1S/C15H23ClN2O3S/c1-11(14-8-13(16)4-5-15(14)21-2)17-9-12-6-7-18(10-12)22(3,19)20/h4-5,8,11-12,17H,6-7,9-10H2,1-3H3/t11-,12-/m0/s1. The first-order valence-corrected chi connectivity index (χ1v) is 9.56. The maximum atomic E-state index is 11.5. The molecule has 0 unspecified atom stereocenters. The van der Waals surface area contributed by atoms with Gasteiger partial charge in [-0.25, -0.2) is 12.7 Å². The summed E-state index contributed by atoms with van der Waals surface area (Å²) >= 11 is 6.06. The van der Waals surface area contributed by atoms with Gasteiger partial charge < -0.3 is 10.1 Å². The van der Waals surface area contributed by atoms with Gasteiger partial charge >= 0.3 is 0 Å². The maximum absolute atomic E-state index is 11.5. The van der Waals surface area contributed by atoms with Crippen LogP contribution in [0.25, 0.3) is 0 Å². The monoisotopic (exact) mass is 346 g/mol. The van der Waals surface area contributed by atoms with E-state index in [4.69, 9.17) is 16.3 Å². The van der Waals surface area contributed by atoms with Crippen LogP contribution in [0.1, 0.15) is 24.9 Å². The van der Waals surface area contributed by atoms with E-state index in [9.17, 15) is 8.42 Å². The van der Waals surface area contributed by atoms with Gasteiger partial charge in [-0.3, -0.25) is 0 Å². The van der Waals surface area contributed by atoms with E-state index in [0.717, 1.165) is 24.3 Å². The number of rotatable bonds is 6. The molecular weight excluding hydrogens is 324 g/mol. The Morgan fingerprint density at radius 3 is 2.82 bits per heavy atom. The summed E-state index contributed by atoms with van der Waals surface area (Å²) in [6, 6.07) is 5.64. The molecule has 0 radical (unpaired) electrons. The predicted octanol–water partition coefficient (Wildman–Crippen LogP) is 2.28. The van der Waals surface area contributed by atoms with Gasteiger partial charge in [-0.15, -0.1) is 0 Å². The first-order valence-electron chi connectivity index (χ1n) is 7.33. The summed E-state index contributed by atoms with van der Waals surface area (Å²) in [5, 5.41) is 4.13. The third-order valence-electron chi connectivity index (χ3n) is 4.09. The fourth-order valence-corrected chi connectivity index (χ4v) is 3.86. The van der Waals surface area contributed by atoms with Crippen molar-refractivity contribution in [2.45, 2.75) is 19.4 Å². The normalized spacial score (nSPS) is 21.0. The SMILES string of the molecule is COc1ccc(Cl)cc1[C@H](C)NC[C@@H]1CCN(S(C)(=O)=O)C1. The molecule has 0 amide bonds. The highest BCUT2D eigenvalue weighted by atomic mass is 35.5. The molecule has 1 saturated heterocycles. The largest absolute Gasteiger partial charge is 0.496 e. The molecule has 1 N–H and O–H groups in total. The number of hydrogen-bond acceptors (Lipinski definition) is 4. The number of methoxy groups -OCH3 is 1. The number of hydrogen-bond donors (Lipinski definition) is 1. The van der Waals surface area contributed by atoms with Crippen molar-refractivity contribution in [2.75, 3.05) is 33.0 Å². The zero-order valence-corrected chi connectivity index (χ0v) is 14.7. The molecule has 1 fully saturated rings. The maximum Gasteiger partial charge on any atom is 0.211 e. The smallest absolute Gasteiger partial charge is 0.211 e. The zero-order valence-electron chi connectivity index (χ0n) is 13.2. The molecule has 1 aliphatic rings. The highest BCUT2D eigenvalue weighted by Gasteiger charge is 2.28. The third-order valence-corrected chi connectivity index (χ3v) is 5.59. The van der Waals surface area contributed by atoms with Crippen LogP contribution in [0, 0.1) is 5.92 Å². The Kier molecular flexibility index (Phi) is 5.71. The lowest BCUT2D eigenvalue weighted by atomic mass is 10.0. The topological polar surface area (TPSA) is 58.6 Å². The van der Waals surface area contributed by atoms with Crippen LogP contribution in [-0.4, -0.2) is 45.7 Å². The Morgan fingerprint density at radius 2 is 2.23 bits per heavy atom. The molecule has 0 spiro atoms. The Hall–Kier alpha value is -0.820. The molecule has 22 heavy (non-hydrogen) atoms. The van der Waals surface area contributed by atoms with Crippen LogP contribution in [0.2, 0.25) is 5.02 Å². The molecule has 2 atom stereocenters. The summed E-state index contributed by atoms with van der Waals surface area (Å²) in [7, 11) is -1.44. The first-order chi connectivity index (χ1) is 10.3. The van der Waals surface area contributed by atoms with Gasteiger partial charge in [-0.05, 0) is 44.0 Å². The van der Waals surface area contributed by atoms with Crippen LogP contribution < -0.4 is 10.1 Å². The van der Waals surface area contributed by atoms with Gasteiger partial charge in [0.1, 0.15) is 5.75 Å². The fraction of sp³-hybridized carbons (Fsp3) is 0.600. The van der Waals surface area contributed by atoms with Gasteiger partial charge in [-0.1, -0.05) is 11.6 Å². The third kappa shape index (κ3) is 4.35. The molecule has 1 heterocycles. The van der Waals surface area contributed by atoms with Crippen molar-refractivity contribution < 1.29 is 13.2 Å². The Labute approximate surface area is 137 Å². The van der Waals surface area contributed by atoms with Crippen molar-refractivity contribution in [2.24, 2.45) is 5.92 Å². The van der Waals surface area contributed by atoms with Gasteiger partial charge in [0.2, 0.25) is 10.0 Å². The number of benzene rings is 1. The van der Waals surface area contributed by atoms with Gasteiger partial charge in [0.05, 0.1) is 13.4 Å². The van der Waals surface area contributed by atoms with E-state index in [1.54, 1.807) is 17.5 Å². The second kappa shape index (κ2) is 7.17. The van der Waals surface area contributed by atoms with E-state index in [0.29, 0.717) is 24.0 Å². The Morgan fingerprint density at radius 1 is 1.50 bits per heavy atom. The number of sulfonamides is 1. The highest BCUT2D eigenvalue weighted by Crippen LogP contribution is 2.28.